The Balaban J connectivity index is 1.96. The number of carbonyl (C=O) groups excluding carboxylic acids is 1. The van der Waals surface area contributed by atoms with E-state index in [0.29, 0.717) is 12.3 Å². The second-order valence-corrected chi connectivity index (χ2v) is 7.52. The molecule has 6 nitrogen and oxygen atoms in total. The number of nitrogens with zero attached hydrogens (tertiary/aromatic N) is 2. The van der Waals surface area contributed by atoms with E-state index in [-0.39, 0.29) is 12.4 Å². The van der Waals surface area contributed by atoms with Gasteiger partial charge in [-0.1, -0.05) is 12.1 Å². The third-order valence-electron chi connectivity index (χ3n) is 5.14. The summed E-state index contributed by atoms with van der Waals surface area (Å²) in [6.45, 7) is 10.1. The van der Waals surface area contributed by atoms with Crippen LogP contribution in [0.15, 0.2) is 30.5 Å². The van der Waals surface area contributed by atoms with E-state index < -0.39 is 24.1 Å². The number of hydrogen-bond acceptors (Lipinski definition) is 6. The average molecular weight is 356 g/mol. The molecule has 0 saturated carbocycles. The van der Waals surface area contributed by atoms with Gasteiger partial charge < -0.3 is 14.0 Å². The van der Waals surface area contributed by atoms with Crippen LogP contribution in [0.1, 0.15) is 52.6 Å². The first-order valence-corrected chi connectivity index (χ1v) is 8.96. The number of para-hydroxylation sites is 2. The fourth-order valence-electron chi connectivity index (χ4n) is 2.94. The second-order valence-electron chi connectivity index (χ2n) is 7.52. The van der Waals surface area contributed by atoms with Crippen LogP contribution in [0.3, 0.4) is 0 Å². The van der Waals surface area contributed by atoms with Gasteiger partial charge in [-0.25, -0.2) is 4.98 Å². The monoisotopic (exact) mass is 356 g/mol. The normalized spacial score (nSPS) is 19.5. The number of esters is 1. The van der Waals surface area contributed by atoms with Gasteiger partial charge in [0.2, 0.25) is 0 Å². The SMILES string of the molecule is CCOC(=O)CC(B1OC(C)(C)C(C)(C)O1)c1cnc2ccccc2n1. The van der Waals surface area contributed by atoms with E-state index in [1.807, 2.05) is 52.0 Å². The molecule has 0 radical (unpaired) electrons. The van der Waals surface area contributed by atoms with Crippen molar-refractivity contribution in [3.05, 3.63) is 36.2 Å². The molecule has 1 aliphatic rings. The fourth-order valence-corrected chi connectivity index (χ4v) is 2.94. The number of rotatable bonds is 5. The van der Waals surface area contributed by atoms with Crippen molar-refractivity contribution in [3.8, 4) is 0 Å². The summed E-state index contributed by atoms with van der Waals surface area (Å²) in [7, 11) is -0.597. The zero-order valence-electron chi connectivity index (χ0n) is 16.0. The van der Waals surface area contributed by atoms with Crippen molar-refractivity contribution < 1.29 is 18.8 Å². The van der Waals surface area contributed by atoms with Gasteiger partial charge in [0.15, 0.2) is 0 Å². The molecule has 0 aliphatic carbocycles. The molecule has 0 N–H and O–H groups in total. The molecule has 1 fully saturated rings. The molecule has 2 aromatic rings. The summed E-state index contributed by atoms with van der Waals surface area (Å²) in [6.07, 6.45) is 1.81. The Kier molecular flexibility index (Phi) is 5.04. The predicted octanol–water partition coefficient (Wildman–Crippen LogP) is 3.30. The van der Waals surface area contributed by atoms with E-state index in [1.54, 1.807) is 13.1 Å². The first-order chi connectivity index (χ1) is 12.2. The van der Waals surface area contributed by atoms with E-state index in [1.165, 1.54) is 0 Å². The molecule has 1 aliphatic heterocycles. The highest BCUT2D eigenvalue weighted by atomic mass is 16.7. The Bertz CT molecular complexity index is 793. The van der Waals surface area contributed by atoms with Crippen molar-refractivity contribution in [1.82, 2.24) is 9.97 Å². The molecule has 1 aromatic carbocycles. The molecule has 26 heavy (non-hydrogen) atoms. The molecule has 2 heterocycles. The first kappa shape index (κ1) is 18.8. The van der Waals surface area contributed by atoms with E-state index in [2.05, 4.69) is 4.98 Å². The third kappa shape index (κ3) is 3.59. The van der Waals surface area contributed by atoms with Gasteiger partial charge in [0.1, 0.15) is 0 Å². The highest BCUT2D eigenvalue weighted by Crippen LogP contribution is 2.41. The molecule has 0 spiro atoms. The average Bonchev–Trinajstić information content (AvgIpc) is 2.80. The van der Waals surface area contributed by atoms with Crippen molar-refractivity contribution in [1.29, 1.82) is 0 Å². The highest BCUT2D eigenvalue weighted by Gasteiger charge is 2.54. The Hall–Kier alpha value is -1.99. The number of hydrogen-bond donors (Lipinski definition) is 0. The lowest BCUT2D eigenvalue weighted by Crippen LogP contribution is -2.41. The van der Waals surface area contributed by atoms with Crippen LogP contribution in [0, 0.1) is 0 Å². The molecule has 0 bridgehead atoms. The van der Waals surface area contributed by atoms with Gasteiger partial charge in [0, 0.05) is 12.0 Å². The van der Waals surface area contributed by atoms with Crippen molar-refractivity contribution >= 4 is 24.1 Å². The van der Waals surface area contributed by atoms with Crippen molar-refractivity contribution in [2.75, 3.05) is 6.61 Å². The van der Waals surface area contributed by atoms with E-state index in [0.717, 1.165) is 11.0 Å². The summed E-state index contributed by atoms with van der Waals surface area (Å²) in [5, 5.41) is 0. The highest BCUT2D eigenvalue weighted by molar-refractivity contribution is 6.48. The Morgan fingerprint density at radius 1 is 1.15 bits per heavy atom. The molecular weight excluding hydrogens is 331 g/mol. The Labute approximate surface area is 154 Å². The standard InChI is InChI=1S/C19H25BN2O4/c1-6-24-17(23)11-13(20-25-18(2,3)19(4,5)26-20)16-12-21-14-9-7-8-10-15(14)22-16/h7-10,12-13H,6,11H2,1-5H3. The van der Waals surface area contributed by atoms with Crippen LogP contribution in [-0.4, -0.2) is 40.9 Å². The fraction of sp³-hybridized carbons (Fsp3) is 0.526. The number of carbonyl (C=O) groups is 1. The summed E-state index contributed by atoms with van der Waals surface area (Å²) < 4.78 is 17.5. The van der Waals surface area contributed by atoms with E-state index >= 15 is 0 Å². The van der Waals surface area contributed by atoms with Gasteiger partial charge >= 0.3 is 13.1 Å². The molecule has 1 unspecified atom stereocenters. The van der Waals surface area contributed by atoms with E-state index in [9.17, 15) is 4.79 Å². The largest absolute Gasteiger partial charge is 0.468 e. The van der Waals surface area contributed by atoms with Crippen LogP contribution in [0.2, 0.25) is 0 Å². The van der Waals surface area contributed by atoms with Gasteiger partial charge in [0.05, 0.1) is 41.0 Å². The van der Waals surface area contributed by atoms with Gasteiger partial charge in [-0.2, -0.15) is 0 Å². The van der Waals surface area contributed by atoms with E-state index in [4.69, 9.17) is 19.0 Å². The van der Waals surface area contributed by atoms with Gasteiger partial charge in [-0.15, -0.1) is 0 Å². The summed E-state index contributed by atoms with van der Waals surface area (Å²) in [6, 6.07) is 7.63. The molecule has 7 heteroatoms. The van der Waals surface area contributed by atoms with Crippen LogP contribution < -0.4 is 0 Å². The maximum atomic E-state index is 12.2. The van der Waals surface area contributed by atoms with Crippen molar-refractivity contribution in [2.24, 2.45) is 0 Å². The van der Waals surface area contributed by atoms with Gasteiger partial charge in [-0.05, 0) is 46.8 Å². The maximum absolute atomic E-state index is 12.2. The Morgan fingerprint density at radius 2 is 1.77 bits per heavy atom. The van der Waals surface area contributed by atoms with Crippen LogP contribution in [-0.2, 0) is 18.8 Å². The lowest BCUT2D eigenvalue weighted by Gasteiger charge is -2.32. The van der Waals surface area contributed by atoms with Crippen molar-refractivity contribution in [3.63, 3.8) is 0 Å². The zero-order chi connectivity index (χ0) is 18.9. The van der Waals surface area contributed by atoms with Crippen LogP contribution >= 0.6 is 0 Å². The lowest BCUT2D eigenvalue weighted by molar-refractivity contribution is -0.143. The maximum Gasteiger partial charge on any atom is 0.468 e. The molecular formula is C19H25BN2O4. The minimum absolute atomic E-state index is 0.123. The quantitative estimate of drug-likeness (QED) is 0.605. The first-order valence-electron chi connectivity index (χ1n) is 8.96. The third-order valence-corrected chi connectivity index (χ3v) is 5.14. The molecule has 3 rings (SSSR count). The topological polar surface area (TPSA) is 70.5 Å². The lowest BCUT2D eigenvalue weighted by atomic mass is 9.68. The van der Waals surface area contributed by atoms with Gasteiger partial charge in [-0.3, -0.25) is 9.78 Å². The number of aromatic nitrogens is 2. The summed E-state index contributed by atoms with van der Waals surface area (Å²) in [5.41, 5.74) is 1.26. The molecule has 0 amide bonds. The Morgan fingerprint density at radius 3 is 2.38 bits per heavy atom. The molecule has 1 atom stereocenters. The van der Waals surface area contributed by atoms with Crippen LogP contribution in [0.5, 0.6) is 0 Å². The molecule has 138 valence electrons. The minimum Gasteiger partial charge on any atom is -0.466 e. The van der Waals surface area contributed by atoms with Gasteiger partial charge in [0.25, 0.3) is 0 Å². The second kappa shape index (κ2) is 6.97. The van der Waals surface area contributed by atoms with Crippen LogP contribution in [0.4, 0.5) is 0 Å². The summed E-state index contributed by atoms with van der Waals surface area (Å²) >= 11 is 0. The summed E-state index contributed by atoms with van der Waals surface area (Å²) in [5.74, 6) is -0.700. The van der Waals surface area contributed by atoms with Crippen LogP contribution in [0.25, 0.3) is 11.0 Å². The van der Waals surface area contributed by atoms with Crippen molar-refractivity contribution in [2.45, 2.75) is 58.1 Å². The summed E-state index contributed by atoms with van der Waals surface area (Å²) in [4.78, 5) is 21.4. The minimum atomic E-state index is -0.597. The number of fused-ring (bicyclic) bond motifs is 1. The predicted molar refractivity (Wildman–Crippen MR) is 99.6 cm³/mol. The molecule has 1 aromatic heterocycles. The number of ether oxygens (including phenoxy) is 1. The molecule has 1 saturated heterocycles. The number of benzene rings is 1. The smallest absolute Gasteiger partial charge is 0.466 e. The zero-order valence-corrected chi connectivity index (χ0v) is 16.0.